The van der Waals surface area contributed by atoms with Crippen molar-refractivity contribution >= 4 is 21.9 Å². The topological polar surface area (TPSA) is 63.2 Å². The zero-order valence-corrected chi connectivity index (χ0v) is 15.2. The Morgan fingerprint density at radius 1 is 1.29 bits per heavy atom. The van der Waals surface area contributed by atoms with E-state index < -0.39 is 15.4 Å². The van der Waals surface area contributed by atoms with E-state index in [2.05, 4.69) is 25.1 Å². The van der Waals surface area contributed by atoms with Gasteiger partial charge in [0.25, 0.3) is 0 Å². The summed E-state index contributed by atoms with van der Waals surface area (Å²) in [6.45, 7) is 8.05. The van der Waals surface area contributed by atoms with Crippen LogP contribution >= 0.6 is 0 Å². The lowest BCUT2D eigenvalue weighted by molar-refractivity contribution is -0.128. The average Bonchev–Trinajstić information content (AvgIpc) is 2.87. The van der Waals surface area contributed by atoms with Crippen LogP contribution in [-0.4, -0.2) is 20.0 Å². The van der Waals surface area contributed by atoms with Crippen molar-refractivity contribution in [2.24, 2.45) is 16.7 Å². The highest BCUT2D eigenvalue weighted by molar-refractivity contribution is 7.89. The third-order valence-corrected chi connectivity index (χ3v) is 7.74. The summed E-state index contributed by atoms with van der Waals surface area (Å²) in [5.74, 6) is 0.365. The fourth-order valence-electron chi connectivity index (χ4n) is 4.45. The van der Waals surface area contributed by atoms with Crippen LogP contribution < -0.4 is 4.72 Å². The maximum Gasteiger partial charge on any atom is 0.212 e. The maximum absolute atomic E-state index is 12.6. The summed E-state index contributed by atoms with van der Waals surface area (Å²) < 4.78 is 27.9. The third-order valence-electron chi connectivity index (χ3n) is 6.29. The number of rotatable bonds is 6. The van der Waals surface area contributed by atoms with Crippen LogP contribution in [0.3, 0.4) is 0 Å². The predicted octanol–water partition coefficient (Wildman–Crippen LogP) is 3.14. The number of Topliss-reactive ketones (excluding diaryl/α,β-unsaturated/α-hetero) is 1. The highest BCUT2D eigenvalue weighted by Crippen LogP contribution is 2.64. The fourth-order valence-corrected chi connectivity index (χ4v) is 6.26. The number of carbonyl (C=O) groups is 1. The Bertz CT molecular complexity index is 764. The molecule has 1 aromatic rings. The summed E-state index contributed by atoms with van der Waals surface area (Å²) in [6, 6.07) is 7.57. The van der Waals surface area contributed by atoms with Crippen molar-refractivity contribution in [1.82, 2.24) is 4.72 Å². The van der Waals surface area contributed by atoms with Crippen molar-refractivity contribution in [3.63, 3.8) is 0 Å². The van der Waals surface area contributed by atoms with E-state index in [4.69, 9.17) is 0 Å². The lowest BCUT2D eigenvalue weighted by atomic mass is 9.70. The van der Waals surface area contributed by atoms with Gasteiger partial charge in [-0.25, -0.2) is 13.1 Å². The number of hydrogen-bond acceptors (Lipinski definition) is 3. The van der Waals surface area contributed by atoms with Gasteiger partial charge in [0.1, 0.15) is 5.78 Å². The highest BCUT2D eigenvalue weighted by atomic mass is 32.2. The fraction of sp³-hybridized carbons (Fsp3) is 0.526. The van der Waals surface area contributed by atoms with E-state index in [1.165, 1.54) is 0 Å². The molecule has 5 heteroatoms. The molecule has 2 bridgehead atoms. The van der Waals surface area contributed by atoms with Gasteiger partial charge in [-0.15, -0.1) is 0 Å². The van der Waals surface area contributed by atoms with E-state index in [0.717, 1.165) is 17.5 Å². The molecule has 0 radical (unpaired) electrons. The number of nitrogens with one attached hydrogen (secondary N) is 1. The van der Waals surface area contributed by atoms with E-state index in [1.54, 1.807) is 6.08 Å². The summed E-state index contributed by atoms with van der Waals surface area (Å²) in [7, 11) is -3.52. The Morgan fingerprint density at radius 2 is 1.96 bits per heavy atom. The monoisotopic (exact) mass is 347 g/mol. The summed E-state index contributed by atoms with van der Waals surface area (Å²) in [6.07, 6.45) is 3.93. The van der Waals surface area contributed by atoms with Crippen LogP contribution in [0.4, 0.5) is 0 Å². The van der Waals surface area contributed by atoms with Crippen LogP contribution in [0.25, 0.3) is 6.08 Å². The molecule has 2 unspecified atom stereocenters. The van der Waals surface area contributed by atoms with E-state index in [0.29, 0.717) is 18.8 Å². The number of sulfonamides is 1. The van der Waals surface area contributed by atoms with Gasteiger partial charge in [0.15, 0.2) is 0 Å². The molecule has 0 spiro atoms. The number of carbonyl (C=O) groups excluding carboxylic acids is 1. The first-order valence-electron chi connectivity index (χ1n) is 8.42. The van der Waals surface area contributed by atoms with E-state index in [-0.39, 0.29) is 23.5 Å². The molecule has 2 saturated carbocycles. The first-order valence-corrected chi connectivity index (χ1v) is 10.1. The molecule has 1 N–H and O–H groups in total. The van der Waals surface area contributed by atoms with Crippen LogP contribution in [0.1, 0.15) is 44.2 Å². The molecular weight excluding hydrogens is 322 g/mol. The molecule has 24 heavy (non-hydrogen) atoms. The number of hydrogen-bond donors (Lipinski definition) is 1. The third kappa shape index (κ3) is 2.74. The van der Waals surface area contributed by atoms with Gasteiger partial charge < -0.3 is 0 Å². The van der Waals surface area contributed by atoms with E-state index in [1.807, 2.05) is 24.3 Å². The first kappa shape index (κ1) is 17.4. The SMILES string of the molecule is C=Cc1ccc(CNS(=O)(=O)CC23CCC(CC2=O)C3(C)C)cc1. The molecule has 0 aromatic heterocycles. The molecule has 2 atom stereocenters. The minimum Gasteiger partial charge on any atom is -0.299 e. The molecule has 2 aliphatic carbocycles. The number of ketones is 1. The predicted molar refractivity (Wildman–Crippen MR) is 95.7 cm³/mol. The standard InChI is InChI=1S/C19H25NO3S/c1-4-14-5-7-15(8-6-14)12-20-24(22,23)13-19-10-9-16(11-17(19)21)18(19,2)3/h4-8,16,20H,1,9-13H2,2-3H3. The zero-order valence-electron chi connectivity index (χ0n) is 14.3. The van der Waals surface area contributed by atoms with E-state index >= 15 is 0 Å². The Morgan fingerprint density at radius 3 is 2.46 bits per heavy atom. The van der Waals surface area contributed by atoms with Gasteiger partial charge in [-0.1, -0.05) is 50.8 Å². The molecule has 130 valence electrons. The average molecular weight is 347 g/mol. The van der Waals surface area contributed by atoms with Gasteiger partial charge in [0, 0.05) is 18.4 Å². The molecule has 0 heterocycles. The van der Waals surface area contributed by atoms with Crippen LogP contribution in [-0.2, 0) is 21.4 Å². The van der Waals surface area contributed by atoms with Crippen LogP contribution in [0, 0.1) is 16.7 Å². The summed E-state index contributed by atoms with van der Waals surface area (Å²) in [5, 5.41) is 0. The van der Waals surface area contributed by atoms with Crippen molar-refractivity contribution in [3.05, 3.63) is 42.0 Å². The van der Waals surface area contributed by atoms with Gasteiger partial charge in [-0.05, 0) is 35.3 Å². The zero-order chi connectivity index (χ0) is 17.6. The summed E-state index contributed by atoms with van der Waals surface area (Å²) in [4.78, 5) is 12.5. The van der Waals surface area contributed by atoms with Gasteiger partial charge in [-0.3, -0.25) is 4.79 Å². The maximum atomic E-state index is 12.6. The largest absolute Gasteiger partial charge is 0.299 e. The van der Waals surface area contributed by atoms with Gasteiger partial charge in [-0.2, -0.15) is 0 Å². The highest BCUT2D eigenvalue weighted by Gasteiger charge is 2.65. The molecular formula is C19H25NO3S. The summed E-state index contributed by atoms with van der Waals surface area (Å²) >= 11 is 0. The second-order valence-corrected chi connectivity index (χ2v) is 9.50. The van der Waals surface area contributed by atoms with Gasteiger partial charge in [0.05, 0.1) is 5.75 Å². The van der Waals surface area contributed by atoms with Crippen LogP contribution in [0.5, 0.6) is 0 Å². The van der Waals surface area contributed by atoms with Crippen molar-refractivity contribution in [1.29, 1.82) is 0 Å². The Hall–Kier alpha value is -1.46. The van der Waals surface area contributed by atoms with E-state index in [9.17, 15) is 13.2 Å². The number of benzene rings is 1. The second kappa shape index (κ2) is 5.81. The quantitative estimate of drug-likeness (QED) is 0.860. The van der Waals surface area contributed by atoms with Crippen molar-refractivity contribution in [3.8, 4) is 0 Å². The second-order valence-electron chi connectivity index (χ2n) is 7.69. The number of fused-ring (bicyclic) bond motifs is 2. The minimum absolute atomic E-state index is 0.0902. The molecule has 3 rings (SSSR count). The first-order chi connectivity index (χ1) is 11.2. The molecule has 0 aliphatic heterocycles. The normalized spacial score (nSPS) is 28.2. The lowest BCUT2D eigenvalue weighted by Crippen LogP contribution is -2.45. The minimum atomic E-state index is -3.52. The molecule has 1 aromatic carbocycles. The molecule has 0 saturated heterocycles. The Kier molecular flexibility index (Phi) is 4.21. The Labute approximate surface area is 144 Å². The van der Waals surface area contributed by atoms with Gasteiger partial charge in [0.2, 0.25) is 10.0 Å². The van der Waals surface area contributed by atoms with Crippen LogP contribution in [0.2, 0.25) is 0 Å². The molecule has 4 nitrogen and oxygen atoms in total. The molecule has 2 aliphatic rings. The van der Waals surface area contributed by atoms with Crippen molar-refractivity contribution < 1.29 is 13.2 Å². The lowest BCUT2D eigenvalue weighted by Gasteiger charge is -2.36. The molecule has 0 amide bonds. The van der Waals surface area contributed by atoms with Crippen molar-refractivity contribution in [2.75, 3.05) is 5.75 Å². The summed E-state index contributed by atoms with van der Waals surface area (Å²) in [5.41, 5.74) is 0.944. The van der Waals surface area contributed by atoms with Crippen molar-refractivity contribution in [2.45, 2.75) is 39.7 Å². The smallest absolute Gasteiger partial charge is 0.212 e. The molecule has 2 fully saturated rings. The Balaban J connectivity index is 1.72. The van der Waals surface area contributed by atoms with Gasteiger partial charge >= 0.3 is 0 Å². The van der Waals surface area contributed by atoms with Crippen LogP contribution in [0.15, 0.2) is 30.8 Å².